The maximum Gasteiger partial charge on any atom is 0.266 e. The Morgan fingerprint density at radius 3 is 2.74 bits per heavy atom. The second kappa shape index (κ2) is 4.31. The monoisotopic (exact) mass is 255 g/mol. The van der Waals surface area contributed by atoms with E-state index < -0.39 is 0 Å². The summed E-state index contributed by atoms with van der Waals surface area (Å²) >= 11 is 0. The van der Waals surface area contributed by atoms with Gasteiger partial charge in [0.05, 0.1) is 11.1 Å². The smallest absolute Gasteiger partial charge is 0.266 e. The lowest BCUT2D eigenvalue weighted by atomic mass is 9.97. The summed E-state index contributed by atoms with van der Waals surface area (Å²) in [6.45, 7) is 4.11. The second-order valence-corrected chi connectivity index (χ2v) is 5.19. The van der Waals surface area contributed by atoms with E-state index in [0.29, 0.717) is 5.56 Å². The van der Waals surface area contributed by atoms with Crippen LogP contribution in [-0.4, -0.2) is 10.9 Å². The summed E-state index contributed by atoms with van der Waals surface area (Å²) < 4.78 is 0. The van der Waals surface area contributed by atoms with Gasteiger partial charge in [-0.2, -0.15) is 0 Å². The van der Waals surface area contributed by atoms with Gasteiger partial charge in [0.1, 0.15) is 0 Å². The topological polar surface area (TPSA) is 68.0 Å². The molecule has 0 unspecified atom stereocenters. The summed E-state index contributed by atoms with van der Waals surface area (Å²) in [4.78, 5) is 16.8. The van der Waals surface area contributed by atoms with Gasteiger partial charge in [0.2, 0.25) is 0 Å². The largest absolute Gasteiger partial charge is 0.290 e. The standard InChI is InChI=1S/C15H17N3O/c1-8-6-11-13(7-9(8)2)17-12-5-3-4-10(12)14(11)15(19)18-16/h6-7H,3-5,16H2,1-2H3,(H,18,19). The van der Waals surface area contributed by atoms with Crippen LogP contribution in [0.25, 0.3) is 10.9 Å². The highest BCUT2D eigenvalue weighted by molar-refractivity contribution is 6.07. The fourth-order valence-corrected chi connectivity index (χ4v) is 2.85. The minimum atomic E-state index is -0.214. The van der Waals surface area contributed by atoms with Crippen LogP contribution in [0.15, 0.2) is 12.1 Å². The average molecular weight is 255 g/mol. The Labute approximate surface area is 112 Å². The fraction of sp³-hybridized carbons (Fsp3) is 0.333. The molecular formula is C15H17N3O. The quantitative estimate of drug-likeness (QED) is 0.465. The minimum absolute atomic E-state index is 0.214. The summed E-state index contributed by atoms with van der Waals surface area (Å²) in [7, 11) is 0. The molecule has 1 aromatic heterocycles. The molecule has 0 spiro atoms. The van der Waals surface area contributed by atoms with Gasteiger partial charge in [-0.05, 0) is 61.9 Å². The zero-order valence-corrected chi connectivity index (χ0v) is 11.2. The predicted molar refractivity (Wildman–Crippen MR) is 74.9 cm³/mol. The number of benzene rings is 1. The molecule has 1 aliphatic carbocycles. The van der Waals surface area contributed by atoms with E-state index in [1.165, 1.54) is 11.1 Å². The number of hydrazine groups is 1. The molecule has 1 aromatic carbocycles. The van der Waals surface area contributed by atoms with Crippen LogP contribution < -0.4 is 11.3 Å². The first-order valence-electron chi connectivity index (χ1n) is 6.55. The fourth-order valence-electron chi connectivity index (χ4n) is 2.85. The molecule has 0 bridgehead atoms. The molecule has 2 aromatic rings. The van der Waals surface area contributed by atoms with Gasteiger partial charge in [0, 0.05) is 11.1 Å². The van der Waals surface area contributed by atoms with Crippen LogP contribution in [0.2, 0.25) is 0 Å². The van der Waals surface area contributed by atoms with Gasteiger partial charge in [-0.1, -0.05) is 0 Å². The van der Waals surface area contributed by atoms with Crippen LogP contribution in [0.4, 0.5) is 0 Å². The number of pyridine rings is 1. The molecule has 19 heavy (non-hydrogen) atoms. The Morgan fingerprint density at radius 1 is 1.26 bits per heavy atom. The van der Waals surface area contributed by atoms with Crippen LogP contribution in [0.5, 0.6) is 0 Å². The van der Waals surface area contributed by atoms with Crippen molar-refractivity contribution in [3.8, 4) is 0 Å². The van der Waals surface area contributed by atoms with Crippen molar-refractivity contribution in [1.82, 2.24) is 10.4 Å². The Morgan fingerprint density at radius 2 is 2.00 bits per heavy atom. The van der Waals surface area contributed by atoms with Gasteiger partial charge in [0.25, 0.3) is 5.91 Å². The summed E-state index contributed by atoms with van der Waals surface area (Å²) in [6, 6.07) is 4.09. The first-order valence-corrected chi connectivity index (χ1v) is 6.55. The first kappa shape index (κ1) is 12.1. The SMILES string of the molecule is Cc1cc2nc3c(c(C(=O)NN)c2cc1C)CCC3. The maximum absolute atomic E-state index is 12.1. The van der Waals surface area contributed by atoms with E-state index in [-0.39, 0.29) is 5.91 Å². The lowest BCUT2D eigenvalue weighted by Gasteiger charge is -2.12. The summed E-state index contributed by atoms with van der Waals surface area (Å²) in [6.07, 6.45) is 2.92. The molecule has 3 N–H and O–H groups in total. The summed E-state index contributed by atoms with van der Waals surface area (Å²) in [5.74, 6) is 5.12. The van der Waals surface area contributed by atoms with Crippen molar-refractivity contribution in [2.45, 2.75) is 33.1 Å². The number of aromatic nitrogens is 1. The van der Waals surface area contributed by atoms with Crippen LogP contribution >= 0.6 is 0 Å². The molecule has 1 aliphatic rings. The predicted octanol–water partition coefficient (Wildman–Crippen LogP) is 1.94. The van der Waals surface area contributed by atoms with Crippen LogP contribution in [0.3, 0.4) is 0 Å². The van der Waals surface area contributed by atoms with E-state index in [1.54, 1.807) is 0 Å². The molecule has 4 nitrogen and oxygen atoms in total. The average Bonchev–Trinajstić information content (AvgIpc) is 2.84. The molecule has 1 heterocycles. The lowest BCUT2D eigenvalue weighted by molar-refractivity contribution is 0.0954. The Bertz CT molecular complexity index is 692. The molecule has 4 heteroatoms. The van der Waals surface area contributed by atoms with Gasteiger partial charge in [-0.3, -0.25) is 15.2 Å². The van der Waals surface area contributed by atoms with E-state index in [4.69, 9.17) is 10.8 Å². The van der Waals surface area contributed by atoms with E-state index >= 15 is 0 Å². The number of nitrogens with zero attached hydrogens (tertiary/aromatic N) is 1. The number of aryl methyl sites for hydroxylation is 3. The first-order chi connectivity index (χ1) is 9.11. The zero-order chi connectivity index (χ0) is 13.6. The molecule has 98 valence electrons. The number of fused-ring (bicyclic) bond motifs is 2. The number of carbonyl (C=O) groups is 1. The highest BCUT2D eigenvalue weighted by Gasteiger charge is 2.23. The van der Waals surface area contributed by atoms with Gasteiger partial charge in [-0.25, -0.2) is 5.84 Å². The van der Waals surface area contributed by atoms with Gasteiger partial charge < -0.3 is 0 Å². The van der Waals surface area contributed by atoms with Crippen LogP contribution in [0.1, 0.15) is 39.2 Å². The number of nitrogen functional groups attached to an aromatic ring is 1. The number of carbonyl (C=O) groups excluding carboxylic acids is 1. The molecular weight excluding hydrogens is 238 g/mol. The van der Waals surface area contributed by atoms with E-state index in [1.807, 2.05) is 13.0 Å². The number of nitrogens with two attached hydrogens (primary N) is 1. The van der Waals surface area contributed by atoms with Gasteiger partial charge in [0.15, 0.2) is 0 Å². The molecule has 0 saturated heterocycles. The Balaban J connectivity index is 2.41. The second-order valence-electron chi connectivity index (χ2n) is 5.19. The number of hydrogen-bond acceptors (Lipinski definition) is 3. The number of nitrogens with one attached hydrogen (secondary N) is 1. The van der Waals surface area contributed by atoms with E-state index in [2.05, 4.69) is 18.4 Å². The molecule has 0 aliphatic heterocycles. The molecule has 0 fully saturated rings. The van der Waals surface area contributed by atoms with Crippen molar-refractivity contribution in [3.05, 3.63) is 40.1 Å². The summed E-state index contributed by atoms with van der Waals surface area (Å²) in [5, 5.41) is 0.909. The number of rotatable bonds is 1. The summed E-state index contributed by atoms with van der Waals surface area (Å²) in [5.41, 5.74) is 8.35. The molecule has 1 amide bonds. The Hall–Kier alpha value is -1.94. The van der Waals surface area contributed by atoms with E-state index in [0.717, 1.165) is 41.4 Å². The van der Waals surface area contributed by atoms with Gasteiger partial charge in [-0.15, -0.1) is 0 Å². The van der Waals surface area contributed by atoms with Gasteiger partial charge >= 0.3 is 0 Å². The Kier molecular flexibility index (Phi) is 2.75. The van der Waals surface area contributed by atoms with Crippen LogP contribution in [0, 0.1) is 13.8 Å². The zero-order valence-electron chi connectivity index (χ0n) is 11.2. The molecule has 0 saturated carbocycles. The third kappa shape index (κ3) is 1.79. The van der Waals surface area contributed by atoms with Crippen molar-refractivity contribution >= 4 is 16.8 Å². The normalized spacial score (nSPS) is 13.6. The maximum atomic E-state index is 12.1. The molecule has 0 radical (unpaired) electrons. The van der Waals surface area contributed by atoms with E-state index in [9.17, 15) is 4.79 Å². The lowest BCUT2D eigenvalue weighted by Crippen LogP contribution is -2.31. The highest BCUT2D eigenvalue weighted by atomic mass is 16.2. The van der Waals surface area contributed by atoms with Crippen molar-refractivity contribution < 1.29 is 4.79 Å². The molecule has 3 rings (SSSR count). The number of amides is 1. The highest BCUT2D eigenvalue weighted by Crippen LogP contribution is 2.31. The van der Waals surface area contributed by atoms with Crippen molar-refractivity contribution in [3.63, 3.8) is 0 Å². The van der Waals surface area contributed by atoms with Crippen LogP contribution in [-0.2, 0) is 12.8 Å². The third-order valence-corrected chi connectivity index (χ3v) is 3.99. The van der Waals surface area contributed by atoms with Crippen molar-refractivity contribution in [2.24, 2.45) is 5.84 Å². The minimum Gasteiger partial charge on any atom is -0.290 e. The molecule has 0 atom stereocenters. The van der Waals surface area contributed by atoms with Crippen molar-refractivity contribution in [1.29, 1.82) is 0 Å². The third-order valence-electron chi connectivity index (χ3n) is 3.99. The number of hydrogen-bond donors (Lipinski definition) is 2. The van der Waals surface area contributed by atoms with Crippen molar-refractivity contribution in [2.75, 3.05) is 0 Å².